The van der Waals surface area contributed by atoms with E-state index in [0.717, 1.165) is 51.6 Å². The Morgan fingerprint density at radius 3 is 2.39 bits per heavy atom. The molecule has 0 radical (unpaired) electrons. The van der Waals surface area contributed by atoms with E-state index in [2.05, 4.69) is 34.6 Å². The van der Waals surface area contributed by atoms with Crippen molar-refractivity contribution in [2.45, 2.75) is 85.4 Å². The van der Waals surface area contributed by atoms with Gasteiger partial charge in [0, 0.05) is 13.2 Å². The van der Waals surface area contributed by atoms with Crippen molar-refractivity contribution in [3.8, 4) is 0 Å². The molecular formula is C20H40O3. The molecule has 0 aromatic carbocycles. The van der Waals surface area contributed by atoms with Crippen LogP contribution in [0.4, 0.5) is 0 Å². The molecule has 0 heterocycles. The van der Waals surface area contributed by atoms with Crippen molar-refractivity contribution < 1.29 is 14.2 Å². The Morgan fingerprint density at radius 1 is 0.957 bits per heavy atom. The lowest BCUT2D eigenvalue weighted by molar-refractivity contribution is -0.0649. The fourth-order valence-corrected chi connectivity index (χ4v) is 3.74. The third-order valence-electron chi connectivity index (χ3n) is 5.22. The summed E-state index contributed by atoms with van der Waals surface area (Å²) in [6, 6.07) is 0. The van der Waals surface area contributed by atoms with Gasteiger partial charge in [-0.1, -0.05) is 40.5 Å². The van der Waals surface area contributed by atoms with Gasteiger partial charge >= 0.3 is 0 Å². The Morgan fingerprint density at radius 2 is 1.70 bits per heavy atom. The van der Waals surface area contributed by atoms with E-state index in [1.165, 1.54) is 19.3 Å². The number of rotatable bonds is 12. The standard InChI is InChI=1S/C20H40O3/c1-6-18(5)22-13-8-7-12-21-14-15-23-19-11-9-10-17(4)20(19)16(2)3/h16-20H,6-15H2,1-5H3. The smallest absolute Gasteiger partial charge is 0.0704 e. The third-order valence-corrected chi connectivity index (χ3v) is 5.22. The van der Waals surface area contributed by atoms with Crippen LogP contribution >= 0.6 is 0 Å². The van der Waals surface area contributed by atoms with Gasteiger partial charge in [0.05, 0.1) is 25.4 Å². The molecule has 0 amide bonds. The Bertz CT molecular complexity index is 280. The van der Waals surface area contributed by atoms with Crippen LogP contribution in [0, 0.1) is 17.8 Å². The molecule has 3 nitrogen and oxygen atoms in total. The van der Waals surface area contributed by atoms with Gasteiger partial charge in [0.1, 0.15) is 0 Å². The minimum absolute atomic E-state index is 0.385. The van der Waals surface area contributed by atoms with Crippen LogP contribution in [-0.4, -0.2) is 38.6 Å². The molecule has 1 aliphatic rings. The predicted molar refractivity (Wildman–Crippen MR) is 96.8 cm³/mol. The maximum Gasteiger partial charge on any atom is 0.0704 e. The molecule has 1 rings (SSSR count). The molecular weight excluding hydrogens is 288 g/mol. The van der Waals surface area contributed by atoms with Crippen LogP contribution < -0.4 is 0 Å². The number of hydrogen-bond acceptors (Lipinski definition) is 3. The van der Waals surface area contributed by atoms with Crippen molar-refractivity contribution in [3.63, 3.8) is 0 Å². The van der Waals surface area contributed by atoms with Crippen LogP contribution in [0.2, 0.25) is 0 Å². The van der Waals surface area contributed by atoms with Crippen molar-refractivity contribution in [2.75, 3.05) is 26.4 Å². The zero-order chi connectivity index (χ0) is 17.1. The Hall–Kier alpha value is -0.120. The maximum absolute atomic E-state index is 6.15. The fraction of sp³-hybridized carbons (Fsp3) is 1.00. The highest BCUT2D eigenvalue weighted by Gasteiger charge is 2.33. The van der Waals surface area contributed by atoms with E-state index in [4.69, 9.17) is 14.2 Å². The van der Waals surface area contributed by atoms with Crippen LogP contribution in [0.25, 0.3) is 0 Å². The minimum Gasteiger partial charge on any atom is -0.379 e. The van der Waals surface area contributed by atoms with E-state index >= 15 is 0 Å². The van der Waals surface area contributed by atoms with Gasteiger partial charge in [-0.3, -0.25) is 0 Å². The summed E-state index contributed by atoms with van der Waals surface area (Å²) in [7, 11) is 0. The van der Waals surface area contributed by atoms with Gasteiger partial charge in [0.2, 0.25) is 0 Å². The Kier molecular flexibility index (Phi) is 11.2. The van der Waals surface area contributed by atoms with Crippen LogP contribution in [-0.2, 0) is 14.2 Å². The summed E-state index contributed by atoms with van der Waals surface area (Å²) >= 11 is 0. The highest BCUT2D eigenvalue weighted by Crippen LogP contribution is 2.36. The second-order valence-electron chi connectivity index (χ2n) is 7.55. The van der Waals surface area contributed by atoms with Crippen molar-refractivity contribution in [1.82, 2.24) is 0 Å². The van der Waals surface area contributed by atoms with Gasteiger partial charge < -0.3 is 14.2 Å². The monoisotopic (exact) mass is 328 g/mol. The lowest BCUT2D eigenvalue weighted by Crippen LogP contribution is -2.37. The zero-order valence-electron chi connectivity index (χ0n) is 16.2. The van der Waals surface area contributed by atoms with E-state index in [1.54, 1.807) is 0 Å². The second-order valence-corrected chi connectivity index (χ2v) is 7.55. The molecule has 4 unspecified atom stereocenters. The molecule has 4 atom stereocenters. The molecule has 23 heavy (non-hydrogen) atoms. The van der Waals surface area contributed by atoms with Gasteiger partial charge in [0.25, 0.3) is 0 Å². The lowest BCUT2D eigenvalue weighted by atomic mass is 9.72. The van der Waals surface area contributed by atoms with Gasteiger partial charge in [-0.2, -0.15) is 0 Å². The Labute approximate surface area is 144 Å². The number of hydrogen-bond donors (Lipinski definition) is 0. The molecule has 1 saturated carbocycles. The molecule has 0 aromatic heterocycles. The van der Waals surface area contributed by atoms with E-state index in [1.807, 2.05) is 0 Å². The van der Waals surface area contributed by atoms with Gasteiger partial charge in [-0.15, -0.1) is 0 Å². The number of unbranched alkanes of at least 4 members (excludes halogenated alkanes) is 1. The van der Waals surface area contributed by atoms with Crippen molar-refractivity contribution in [3.05, 3.63) is 0 Å². The van der Waals surface area contributed by atoms with Crippen LogP contribution in [0.15, 0.2) is 0 Å². The molecule has 0 N–H and O–H groups in total. The Balaban J connectivity index is 2.01. The molecule has 0 saturated heterocycles. The van der Waals surface area contributed by atoms with Crippen molar-refractivity contribution >= 4 is 0 Å². The first-order valence-corrected chi connectivity index (χ1v) is 9.87. The van der Waals surface area contributed by atoms with E-state index < -0.39 is 0 Å². The number of ether oxygens (including phenoxy) is 3. The first-order chi connectivity index (χ1) is 11.1. The van der Waals surface area contributed by atoms with Gasteiger partial charge in [0.15, 0.2) is 0 Å². The molecule has 0 aromatic rings. The second kappa shape index (κ2) is 12.3. The van der Waals surface area contributed by atoms with Crippen molar-refractivity contribution in [2.24, 2.45) is 17.8 Å². The van der Waals surface area contributed by atoms with Crippen molar-refractivity contribution in [1.29, 1.82) is 0 Å². The fourth-order valence-electron chi connectivity index (χ4n) is 3.74. The lowest BCUT2D eigenvalue weighted by Gasteiger charge is -2.39. The summed E-state index contributed by atoms with van der Waals surface area (Å²) in [4.78, 5) is 0. The maximum atomic E-state index is 6.15. The first kappa shape index (κ1) is 20.9. The highest BCUT2D eigenvalue weighted by molar-refractivity contribution is 4.82. The molecule has 3 heteroatoms. The summed E-state index contributed by atoms with van der Waals surface area (Å²) in [5.41, 5.74) is 0. The van der Waals surface area contributed by atoms with Crippen LogP contribution in [0.1, 0.15) is 73.1 Å². The average molecular weight is 329 g/mol. The summed E-state index contributed by atoms with van der Waals surface area (Å²) in [5, 5.41) is 0. The minimum atomic E-state index is 0.385. The van der Waals surface area contributed by atoms with E-state index in [9.17, 15) is 0 Å². The SMILES string of the molecule is CCC(C)OCCCCOCCOC1CCCC(C)C1C(C)C. The molecule has 0 bridgehead atoms. The topological polar surface area (TPSA) is 27.7 Å². The van der Waals surface area contributed by atoms with Gasteiger partial charge in [-0.05, 0) is 50.4 Å². The van der Waals surface area contributed by atoms with Crippen LogP contribution in [0.3, 0.4) is 0 Å². The average Bonchev–Trinajstić information content (AvgIpc) is 2.52. The molecule has 0 spiro atoms. The quantitative estimate of drug-likeness (QED) is 0.468. The molecule has 138 valence electrons. The predicted octanol–water partition coefficient (Wildman–Crippen LogP) is 5.08. The van der Waals surface area contributed by atoms with Crippen LogP contribution in [0.5, 0.6) is 0 Å². The first-order valence-electron chi connectivity index (χ1n) is 9.87. The molecule has 1 fully saturated rings. The summed E-state index contributed by atoms with van der Waals surface area (Å²) in [6.07, 6.45) is 7.96. The normalized spacial score (nSPS) is 26.6. The molecule has 1 aliphatic carbocycles. The largest absolute Gasteiger partial charge is 0.379 e. The van der Waals surface area contributed by atoms with Gasteiger partial charge in [-0.25, -0.2) is 0 Å². The highest BCUT2D eigenvalue weighted by atomic mass is 16.5. The summed E-state index contributed by atoms with van der Waals surface area (Å²) < 4.78 is 17.5. The summed E-state index contributed by atoms with van der Waals surface area (Å²) in [6.45, 7) is 14.5. The van der Waals surface area contributed by atoms with E-state index in [0.29, 0.717) is 24.0 Å². The zero-order valence-corrected chi connectivity index (χ0v) is 16.2. The van der Waals surface area contributed by atoms with E-state index in [-0.39, 0.29) is 0 Å². The molecule has 0 aliphatic heterocycles. The summed E-state index contributed by atoms with van der Waals surface area (Å²) in [5.74, 6) is 2.21. The third kappa shape index (κ3) is 8.51.